The van der Waals surface area contributed by atoms with Crippen molar-refractivity contribution in [1.29, 1.82) is 0 Å². The highest BCUT2D eigenvalue weighted by Crippen LogP contribution is 1.97. The quantitative estimate of drug-likeness (QED) is 0.577. The molecule has 0 aliphatic carbocycles. The van der Waals surface area contributed by atoms with Crippen LogP contribution in [0.25, 0.3) is 0 Å². The summed E-state index contributed by atoms with van der Waals surface area (Å²) in [4.78, 5) is 10.9. The summed E-state index contributed by atoms with van der Waals surface area (Å²) in [6.45, 7) is 0. The van der Waals surface area contributed by atoms with Crippen LogP contribution in [0.1, 0.15) is 0 Å². The molecule has 0 saturated heterocycles. The summed E-state index contributed by atoms with van der Waals surface area (Å²) >= 11 is 0. The third-order valence-electron chi connectivity index (χ3n) is 1.18. The summed E-state index contributed by atoms with van der Waals surface area (Å²) < 4.78 is 4.79. The molecule has 0 atom stereocenters. The summed E-state index contributed by atoms with van der Waals surface area (Å²) in [5.41, 5.74) is -0.0903. The highest BCUT2D eigenvalue weighted by atomic mass is 16.5. The van der Waals surface area contributed by atoms with Crippen LogP contribution in [0.3, 0.4) is 0 Å². The minimum atomic E-state index is -0.0903. The van der Waals surface area contributed by atoms with Gasteiger partial charge in [-0.25, -0.2) is 0 Å². The van der Waals surface area contributed by atoms with Crippen molar-refractivity contribution in [3.05, 3.63) is 40.6 Å². The number of hydrogen-bond acceptors (Lipinski definition) is 2. The van der Waals surface area contributed by atoms with Gasteiger partial charge >= 0.3 is 0 Å². The lowest BCUT2D eigenvalue weighted by Crippen LogP contribution is -1.98. The molecule has 10 heavy (non-hydrogen) atoms. The standard InChI is InChI=1S/C8H8O2/c1-10-8-6-4-2-3-5-7(8)9/h2-6H,1H3. The Morgan fingerprint density at radius 1 is 1.20 bits per heavy atom. The van der Waals surface area contributed by atoms with Crippen molar-refractivity contribution in [2.45, 2.75) is 0 Å². The van der Waals surface area contributed by atoms with Gasteiger partial charge in [0.2, 0.25) is 5.43 Å². The van der Waals surface area contributed by atoms with Gasteiger partial charge in [0.1, 0.15) is 0 Å². The Kier molecular flexibility index (Phi) is 2.05. The molecule has 1 rings (SSSR count). The van der Waals surface area contributed by atoms with Crippen LogP contribution in [0.15, 0.2) is 35.1 Å². The maximum absolute atomic E-state index is 10.9. The molecule has 2 nitrogen and oxygen atoms in total. The topological polar surface area (TPSA) is 26.3 Å². The van der Waals surface area contributed by atoms with Gasteiger partial charge in [0.25, 0.3) is 0 Å². The normalized spacial score (nSPS) is 8.90. The fourth-order valence-corrected chi connectivity index (χ4v) is 0.683. The highest BCUT2D eigenvalue weighted by molar-refractivity contribution is 5.19. The molecule has 1 aromatic carbocycles. The van der Waals surface area contributed by atoms with Gasteiger partial charge in [0.15, 0.2) is 5.75 Å². The van der Waals surface area contributed by atoms with E-state index in [1.807, 2.05) is 0 Å². The Morgan fingerprint density at radius 2 is 1.90 bits per heavy atom. The molecule has 0 N–H and O–H groups in total. The van der Waals surface area contributed by atoms with E-state index in [1.54, 1.807) is 24.3 Å². The fourth-order valence-electron chi connectivity index (χ4n) is 0.683. The van der Waals surface area contributed by atoms with Crippen LogP contribution in [0.5, 0.6) is 5.75 Å². The van der Waals surface area contributed by atoms with Gasteiger partial charge in [0.05, 0.1) is 7.11 Å². The lowest BCUT2D eigenvalue weighted by atomic mass is 10.5. The van der Waals surface area contributed by atoms with E-state index >= 15 is 0 Å². The minimum absolute atomic E-state index is 0.0903. The molecule has 0 aromatic heterocycles. The Labute approximate surface area is 59.1 Å². The van der Waals surface area contributed by atoms with Crippen LogP contribution >= 0.6 is 0 Å². The summed E-state index contributed by atoms with van der Waals surface area (Å²) in [7, 11) is 1.48. The second-order valence-corrected chi connectivity index (χ2v) is 1.84. The first-order valence-electron chi connectivity index (χ1n) is 2.98. The molecule has 0 fully saturated rings. The van der Waals surface area contributed by atoms with Crippen molar-refractivity contribution in [2.24, 2.45) is 0 Å². The number of ether oxygens (including phenoxy) is 1. The minimum Gasteiger partial charge on any atom is -0.493 e. The van der Waals surface area contributed by atoms with E-state index < -0.39 is 0 Å². The molecule has 0 unspecified atom stereocenters. The first kappa shape index (κ1) is 6.81. The first-order valence-corrected chi connectivity index (χ1v) is 2.98. The van der Waals surface area contributed by atoms with E-state index in [0.29, 0.717) is 5.75 Å². The molecule has 0 radical (unpaired) electrons. The summed E-state index contributed by atoms with van der Waals surface area (Å²) in [6, 6.07) is 8.34. The molecule has 0 saturated carbocycles. The van der Waals surface area contributed by atoms with Gasteiger partial charge in [-0.05, 0) is 12.1 Å². The summed E-state index contributed by atoms with van der Waals surface area (Å²) in [6.07, 6.45) is 0. The first-order chi connectivity index (χ1) is 4.84. The molecular formula is C8H8O2. The van der Waals surface area contributed by atoms with Gasteiger partial charge in [-0.3, -0.25) is 4.79 Å². The largest absolute Gasteiger partial charge is 0.493 e. The summed E-state index contributed by atoms with van der Waals surface area (Å²) in [5, 5.41) is 0. The molecule has 0 bridgehead atoms. The van der Waals surface area contributed by atoms with E-state index in [9.17, 15) is 4.79 Å². The Hall–Kier alpha value is -1.31. The zero-order chi connectivity index (χ0) is 7.40. The van der Waals surface area contributed by atoms with Crippen molar-refractivity contribution >= 4 is 0 Å². The van der Waals surface area contributed by atoms with Gasteiger partial charge in [-0.15, -0.1) is 0 Å². The average molecular weight is 136 g/mol. The predicted molar refractivity (Wildman–Crippen MR) is 39.3 cm³/mol. The van der Waals surface area contributed by atoms with E-state index in [0.717, 1.165) is 0 Å². The molecule has 0 spiro atoms. The fraction of sp³-hybridized carbons (Fsp3) is 0.125. The number of hydrogen-bond donors (Lipinski definition) is 0. The SMILES string of the molecule is COc1cccccc1=O. The second kappa shape index (κ2) is 3.01. The van der Waals surface area contributed by atoms with Crippen LogP contribution in [-0.4, -0.2) is 7.11 Å². The summed E-state index contributed by atoms with van der Waals surface area (Å²) in [5.74, 6) is 0.380. The van der Waals surface area contributed by atoms with Crippen molar-refractivity contribution in [2.75, 3.05) is 7.11 Å². The van der Waals surface area contributed by atoms with Crippen LogP contribution in [-0.2, 0) is 0 Å². The van der Waals surface area contributed by atoms with E-state index in [1.165, 1.54) is 13.2 Å². The van der Waals surface area contributed by atoms with Crippen LogP contribution < -0.4 is 10.2 Å². The second-order valence-electron chi connectivity index (χ2n) is 1.84. The van der Waals surface area contributed by atoms with E-state index in [4.69, 9.17) is 4.74 Å². The van der Waals surface area contributed by atoms with Crippen molar-refractivity contribution in [1.82, 2.24) is 0 Å². The maximum atomic E-state index is 10.9. The Bertz CT molecular complexity index is 268. The van der Waals surface area contributed by atoms with Crippen LogP contribution in [0.4, 0.5) is 0 Å². The molecule has 52 valence electrons. The third kappa shape index (κ3) is 1.35. The van der Waals surface area contributed by atoms with Crippen molar-refractivity contribution < 1.29 is 4.74 Å². The van der Waals surface area contributed by atoms with Gasteiger partial charge < -0.3 is 4.74 Å². The van der Waals surface area contributed by atoms with Crippen LogP contribution in [0, 0.1) is 0 Å². The van der Waals surface area contributed by atoms with E-state index in [2.05, 4.69) is 0 Å². The zero-order valence-electron chi connectivity index (χ0n) is 5.70. The lowest BCUT2D eigenvalue weighted by Gasteiger charge is -1.89. The maximum Gasteiger partial charge on any atom is 0.220 e. The van der Waals surface area contributed by atoms with E-state index in [-0.39, 0.29) is 5.43 Å². The highest BCUT2D eigenvalue weighted by Gasteiger charge is 1.90. The smallest absolute Gasteiger partial charge is 0.220 e. The molecule has 0 aliphatic rings. The molecular weight excluding hydrogens is 128 g/mol. The molecule has 0 aliphatic heterocycles. The van der Waals surface area contributed by atoms with Gasteiger partial charge in [-0.1, -0.05) is 18.2 Å². The van der Waals surface area contributed by atoms with Gasteiger partial charge in [0, 0.05) is 0 Å². The molecule has 1 aromatic rings. The zero-order valence-corrected chi connectivity index (χ0v) is 5.70. The van der Waals surface area contributed by atoms with Crippen molar-refractivity contribution in [3.63, 3.8) is 0 Å². The molecule has 2 heteroatoms. The monoisotopic (exact) mass is 136 g/mol. The van der Waals surface area contributed by atoms with Crippen LogP contribution in [0.2, 0.25) is 0 Å². The van der Waals surface area contributed by atoms with Crippen molar-refractivity contribution in [3.8, 4) is 5.75 Å². The van der Waals surface area contributed by atoms with Gasteiger partial charge in [-0.2, -0.15) is 0 Å². The number of rotatable bonds is 1. The Balaban J connectivity index is 3.28. The molecule has 0 heterocycles. The average Bonchev–Trinajstić information content (AvgIpc) is 2.13. The predicted octanol–water partition coefficient (Wildman–Crippen LogP) is 1.06. The lowest BCUT2D eigenvalue weighted by molar-refractivity contribution is 0.411. The number of methoxy groups -OCH3 is 1. The third-order valence-corrected chi connectivity index (χ3v) is 1.18. The Morgan fingerprint density at radius 3 is 2.60 bits per heavy atom. The molecule has 0 amide bonds.